The number of amides is 3. The molecular weight excluding hydrogens is 564 g/mol. The molecule has 1 aromatic rings. The van der Waals surface area contributed by atoms with Crippen LogP contribution in [0.5, 0.6) is 0 Å². The topological polar surface area (TPSA) is 119 Å². The second-order valence-electron chi connectivity index (χ2n) is 8.36. The van der Waals surface area contributed by atoms with Gasteiger partial charge in [-0.15, -0.1) is 0 Å². The van der Waals surface area contributed by atoms with Crippen molar-refractivity contribution in [2.45, 2.75) is 22.5 Å². The fraction of sp³-hybridized carbons (Fsp3) is 0.500. The van der Waals surface area contributed by atoms with E-state index in [-0.39, 0.29) is 58.1 Å². The van der Waals surface area contributed by atoms with E-state index in [1.165, 1.54) is 36.3 Å². The monoisotopic (exact) mass is 584 g/mol. The van der Waals surface area contributed by atoms with Crippen molar-refractivity contribution in [3.8, 4) is 0 Å². The van der Waals surface area contributed by atoms with Crippen LogP contribution in [0.1, 0.15) is 23.2 Å². The van der Waals surface area contributed by atoms with Crippen LogP contribution >= 0.6 is 31.9 Å². The number of ether oxygens (including phenoxy) is 2. The summed E-state index contributed by atoms with van der Waals surface area (Å²) in [5.41, 5.74) is 0.761. The minimum Gasteiger partial charge on any atom is -0.465 e. The van der Waals surface area contributed by atoms with Crippen molar-refractivity contribution in [1.29, 1.82) is 0 Å². The highest BCUT2D eigenvalue weighted by Gasteiger charge is 2.66. The number of esters is 2. The summed E-state index contributed by atoms with van der Waals surface area (Å²) in [7, 11) is 1.27. The number of alkyl halides is 2. The van der Waals surface area contributed by atoms with E-state index in [9.17, 15) is 24.0 Å². The van der Waals surface area contributed by atoms with E-state index >= 15 is 0 Å². The lowest BCUT2D eigenvalue weighted by molar-refractivity contribution is -0.149. The SMILES string of the molecule is COC(=O)c1ccc(NC(=O)COC(=O)CCN2C(=O)[C@@H]3[C@H]4C[C@@H]([C@H](Br)[C@@H]4Br)[C@@H]3C2=O)cc1. The number of nitrogens with zero attached hydrogens (tertiary/aromatic N) is 1. The molecule has 1 aliphatic heterocycles. The highest BCUT2D eigenvalue weighted by Crippen LogP contribution is 2.60. The molecule has 0 spiro atoms. The number of halogens is 2. The van der Waals surface area contributed by atoms with E-state index in [0.717, 1.165) is 6.42 Å². The lowest BCUT2D eigenvalue weighted by Crippen LogP contribution is -2.37. The molecule has 3 amide bonds. The predicted molar refractivity (Wildman–Crippen MR) is 123 cm³/mol. The summed E-state index contributed by atoms with van der Waals surface area (Å²) in [5.74, 6) is -2.59. The zero-order valence-corrected chi connectivity index (χ0v) is 20.8. The number of hydrogen-bond donors (Lipinski definition) is 1. The van der Waals surface area contributed by atoms with E-state index in [1.807, 2.05) is 0 Å². The van der Waals surface area contributed by atoms with Gasteiger partial charge in [0.1, 0.15) is 0 Å². The van der Waals surface area contributed by atoms with Gasteiger partial charge in [0.05, 0.1) is 30.9 Å². The number of carbonyl (C=O) groups excluding carboxylic acids is 5. The van der Waals surface area contributed by atoms with Gasteiger partial charge in [-0.1, -0.05) is 31.9 Å². The third-order valence-electron chi connectivity index (χ3n) is 6.57. The molecule has 6 atom stereocenters. The fourth-order valence-electron chi connectivity index (χ4n) is 5.06. The summed E-state index contributed by atoms with van der Waals surface area (Å²) in [6, 6.07) is 6.04. The first-order valence-electron chi connectivity index (χ1n) is 10.5. The first-order valence-corrected chi connectivity index (χ1v) is 12.3. The van der Waals surface area contributed by atoms with Crippen LogP contribution in [0, 0.1) is 23.7 Å². The Labute approximate surface area is 206 Å². The molecule has 1 N–H and O–H groups in total. The predicted octanol–water partition coefficient (Wildman–Crippen LogP) is 2.12. The number of likely N-dealkylation sites (tertiary alicyclic amines) is 1. The van der Waals surface area contributed by atoms with Crippen LogP contribution in [-0.2, 0) is 28.7 Å². The molecule has 11 heteroatoms. The number of anilines is 1. The zero-order chi connectivity index (χ0) is 23.9. The number of rotatable bonds is 7. The van der Waals surface area contributed by atoms with Gasteiger partial charge >= 0.3 is 11.9 Å². The molecule has 1 aromatic carbocycles. The average molecular weight is 586 g/mol. The van der Waals surface area contributed by atoms with Crippen LogP contribution in [0.4, 0.5) is 5.69 Å². The Morgan fingerprint density at radius 2 is 1.61 bits per heavy atom. The Hall–Kier alpha value is -2.27. The molecule has 33 heavy (non-hydrogen) atoms. The summed E-state index contributed by atoms with van der Waals surface area (Å²) < 4.78 is 9.58. The van der Waals surface area contributed by atoms with Crippen molar-refractivity contribution in [2.75, 3.05) is 25.6 Å². The van der Waals surface area contributed by atoms with Crippen molar-refractivity contribution in [3.63, 3.8) is 0 Å². The molecule has 2 aliphatic carbocycles. The first kappa shape index (κ1) is 23.9. The smallest absolute Gasteiger partial charge is 0.337 e. The maximum Gasteiger partial charge on any atom is 0.337 e. The lowest BCUT2D eigenvalue weighted by Gasteiger charge is -2.28. The highest BCUT2D eigenvalue weighted by molar-refractivity contribution is 9.12. The summed E-state index contributed by atoms with van der Waals surface area (Å²) >= 11 is 7.27. The number of fused-ring (bicyclic) bond motifs is 5. The Bertz CT molecular complexity index is 967. The number of hydrogen-bond acceptors (Lipinski definition) is 7. The third-order valence-corrected chi connectivity index (χ3v) is 9.78. The van der Waals surface area contributed by atoms with Gasteiger partial charge in [0.25, 0.3) is 5.91 Å². The largest absolute Gasteiger partial charge is 0.465 e. The van der Waals surface area contributed by atoms with E-state index in [0.29, 0.717) is 11.3 Å². The van der Waals surface area contributed by atoms with Gasteiger partial charge in [-0.3, -0.25) is 24.1 Å². The van der Waals surface area contributed by atoms with Crippen LogP contribution in [0.25, 0.3) is 0 Å². The molecule has 9 nitrogen and oxygen atoms in total. The Morgan fingerprint density at radius 1 is 1.03 bits per heavy atom. The number of benzene rings is 1. The van der Waals surface area contributed by atoms with Crippen molar-refractivity contribution < 1.29 is 33.4 Å². The molecule has 3 fully saturated rings. The molecular formula is C22H22Br2N2O7. The van der Waals surface area contributed by atoms with Crippen molar-refractivity contribution in [1.82, 2.24) is 4.90 Å². The molecule has 1 heterocycles. The van der Waals surface area contributed by atoms with E-state index in [1.54, 1.807) is 0 Å². The van der Waals surface area contributed by atoms with Gasteiger partial charge in [0.2, 0.25) is 11.8 Å². The minimum absolute atomic E-state index is 0.0561. The van der Waals surface area contributed by atoms with Crippen LogP contribution in [-0.4, -0.2) is 64.5 Å². The Morgan fingerprint density at radius 3 is 2.15 bits per heavy atom. The van der Waals surface area contributed by atoms with Crippen molar-refractivity contribution in [3.05, 3.63) is 29.8 Å². The second-order valence-corrected chi connectivity index (χ2v) is 10.5. The number of methoxy groups -OCH3 is 1. The van der Waals surface area contributed by atoms with Crippen molar-refractivity contribution in [2.24, 2.45) is 23.7 Å². The molecule has 3 aliphatic rings. The standard InChI is InChI=1S/C22H22Br2N2O7/c1-32-22(31)10-2-4-11(5-3-10)25-14(27)9-33-15(28)6-7-26-20(29)16-12-8-13(17(16)21(26)30)19(24)18(12)23/h2-5,12-13,16-19H,6-9H2,1H3,(H,25,27)/t12-,13-,16-,17+,18-,19+/m1/s1. The molecule has 4 rings (SSSR count). The molecule has 0 unspecified atom stereocenters. The van der Waals surface area contributed by atoms with Crippen LogP contribution in [0.2, 0.25) is 0 Å². The lowest BCUT2D eigenvalue weighted by atomic mass is 9.81. The highest BCUT2D eigenvalue weighted by atomic mass is 79.9. The fourth-order valence-corrected chi connectivity index (χ4v) is 6.93. The molecule has 0 aromatic heterocycles. The van der Waals surface area contributed by atoms with E-state index in [4.69, 9.17) is 4.74 Å². The third kappa shape index (κ3) is 4.44. The second kappa shape index (κ2) is 9.54. The Kier molecular flexibility index (Phi) is 6.90. The number of imide groups is 1. The summed E-state index contributed by atoms with van der Waals surface area (Å²) in [5, 5.41) is 2.55. The first-order chi connectivity index (χ1) is 15.7. The number of nitrogens with one attached hydrogen (secondary N) is 1. The molecule has 0 radical (unpaired) electrons. The van der Waals surface area contributed by atoms with Gasteiger partial charge < -0.3 is 14.8 Å². The van der Waals surface area contributed by atoms with Gasteiger partial charge in [-0.05, 0) is 42.5 Å². The number of carbonyl (C=O) groups is 5. The van der Waals surface area contributed by atoms with Gasteiger partial charge in [0, 0.05) is 21.9 Å². The van der Waals surface area contributed by atoms with Crippen LogP contribution in [0.3, 0.4) is 0 Å². The summed E-state index contributed by atoms with van der Waals surface area (Å²) in [6.07, 6.45) is 0.665. The average Bonchev–Trinajstić information content (AvgIpc) is 3.41. The quantitative estimate of drug-likeness (QED) is 0.296. The van der Waals surface area contributed by atoms with Gasteiger partial charge in [0.15, 0.2) is 6.61 Å². The summed E-state index contributed by atoms with van der Waals surface area (Å²) in [4.78, 5) is 62.7. The molecule has 2 bridgehead atoms. The molecule has 1 saturated heterocycles. The van der Waals surface area contributed by atoms with Crippen LogP contribution in [0.15, 0.2) is 24.3 Å². The van der Waals surface area contributed by atoms with Gasteiger partial charge in [-0.25, -0.2) is 4.79 Å². The maximum atomic E-state index is 12.8. The zero-order valence-electron chi connectivity index (χ0n) is 17.7. The normalized spacial score (nSPS) is 29.7. The van der Waals surface area contributed by atoms with Gasteiger partial charge in [-0.2, -0.15) is 0 Å². The maximum absolute atomic E-state index is 12.8. The summed E-state index contributed by atoms with van der Waals surface area (Å²) in [6.45, 7) is -0.565. The van der Waals surface area contributed by atoms with E-state index < -0.39 is 24.5 Å². The van der Waals surface area contributed by atoms with E-state index in [2.05, 4.69) is 41.9 Å². The Balaban J connectivity index is 1.23. The van der Waals surface area contributed by atoms with Crippen LogP contribution < -0.4 is 5.32 Å². The molecule has 176 valence electrons. The van der Waals surface area contributed by atoms with Crippen molar-refractivity contribution >= 4 is 67.2 Å². The minimum atomic E-state index is -0.677. The molecule has 2 saturated carbocycles.